The molecule has 2 atom stereocenters. The van der Waals surface area contributed by atoms with Gasteiger partial charge in [0.25, 0.3) is 0 Å². The van der Waals surface area contributed by atoms with Crippen LogP contribution < -0.4 is 9.46 Å². The number of nitrogens with zero attached hydrogens (tertiary/aromatic N) is 1. The maximum atomic E-state index is 13.0. The van der Waals surface area contributed by atoms with Crippen LogP contribution in [0.1, 0.15) is 19.3 Å². The summed E-state index contributed by atoms with van der Waals surface area (Å²) in [7, 11) is -3.97. The van der Waals surface area contributed by atoms with E-state index in [0.717, 1.165) is 6.21 Å². The molecule has 0 aromatic heterocycles. The molecule has 0 radical (unpaired) electrons. The summed E-state index contributed by atoms with van der Waals surface area (Å²) >= 11 is 12.3. The van der Waals surface area contributed by atoms with Crippen LogP contribution >= 0.6 is 23.2 Å². The Labute approximate surface area is 195 Å². The van der Waals surface area contributed by atoms with E-state index in [1.807, 2.05) is 0 Å². The van der Waals surface area contributed by atoms with Crippen molar-refractivity contribution in [3.8, 4) is 11.5 Å². The summed E-state index contributed by atoms with van der Waals surface area (Å²) in [5.74, 6) is -1.07. The number of ether oxygens (including phenoxy) is 1. The third kappa shape index (κ3) is 5.86. The molecule has 1 aliphatic carbocycles. The molecular formula is C21H21Cl2N3O5S. The molecule has 3 rings (SSSR count). The first-order chi connectivity index (χ1) is 15.2. The van der Waals surface area contributed by atoms with Crippen molar-refractivity contribution in [1.29, 1.82) is 5.41 Å². The first-order valence-electron chi connectivity index (χ1n) is 9.71. The van der Waals surface area contributed by atoms with Crippen LogP contribution in [-0.2, 0) is 14.8 Å². The molecule has 2 aromatic rings. The van der Waals surface area contributed by atoms with Gasteiger partial charge in [0.2, 0.25) is 10.0 Å². The van der Waals surface area contributed by atoms with Crippen molar-refractivity contribution in [2.24, 2.45) is 10.9 Å². The molecular weight excluding hydrogens is 477 g/mol. The number of aliphatic imine (C=N–C) groups is 1. The van der Waals surface area contributed by atoms with Crippen LogP contribution in [0.4, 0.5) is 0 Å². The van der Waals surface area contributed by atoms with Gasteiger partial charge in [-0.15, -0.1) is 0 Å². The Balaban J connectivity index is 1.79. The number of carboxylic acids is 1. The maximum absolute atomic E-state index is 13.0. The molecule has 0 heterocycles. The molecule has 0 saturated heterocycles. The largest absolute Gasteiger partial charge is 0.480 e. The maximum Gasteiger partial charge on any atom is 0.325 e. The normalized spacial score (nSPS) is 20.1. The summed E-state index contributed by atoms with van der Waals surface area (Å²) in [6.45, 7) is -0.415. The van der Waals surface area contributed by atoms with Crippen molar-refractivity contribution in [2.45, 2.75) is 30.2 Å². The van der Waals surface area contributed by atoms with Gasteiger partial charge in [-0.3, -0.25) is 9.79 Å². The van der Waals surface area contributed by atoms with Gasteiger partial charge in [-0.1, -0.05) is 35.3 Å². The summed E-state index contributed by atoms with van der Waals surface area (Å²) in [6, 6.07) is 10.3. The lowest BCUT2D eigenvalue weighted by atomic mass is 9.84. The first kappa shape index (κ1) is 24.2. The average Bonchev–Trinajstić information content (AvgIpc) is 2.74. The number of hydrogen-bond acceptors (Lipinski definition) is 6. The minimum atomic E-state index is -3.97. The van der Waals surface area contributed by atoms with E-state index >= 15 is 0 Å². The Bertz CT molecular complexity index is 1150. The molecule has 2 unspecified atom stereocenters. The molecule has 2 aromatic carbocycles. The quantitative estimate of drug-likeness (QED) is 0.465. The predicted octanol–water partition coefficient (Wildman–Crippen LogP) is 4.41. The van der Waals surface area contributed by atoms with E-state index in [2.05, 4.69) is 9.71 Å². The molecule has 1 fully saturated rings. The number of carboxylic acid groups (broad SMARTS) is 1. The zero-order valence-corrected chi connectivity index (χ0v) is 19.1. The van der Waals surface area contributed by atoms with Crippen molar-refractivity contribution < 1.29 is 23.1 Å². The lowest BCUT2D eigenvalue weighted by Gasteiger charge is -2.30. The third-order valence-electron chi connectivity index (χ3n) is 4.94. The number of rotatable bonds is 8. The van der Waals surface area contributed by atoms with E-state index < -0.39 is 34.5 Å². The zero-order valence-electron chi connectivity index (χ0n) is 16.8. The van der Waals surface area contributed by atoms with Gasteiger partial charge >= 0.3 is 5.97 Å². The van der Waals surface area contributed by atoms with Crippen LogP contribution in [0.25, 0.3) is 0 Å². The fraction of sp³-hybridized carbons (Fsp3) is 0.286. The molecule has 32 heavy (non-hydrogen) atoms. The van der Waals surface area contributed by atoms with Gasteiger partial charge in [0.1, 0.15) is 18.0 Å². The molecule has 0 amide bonds. The van der Waals surface area contributed by atoms with Crippen LogP contribution in [0.15, 0.2) is 52.4 Å². The number of para-hydroxylation sites is 1. The SMILES string of the molecule is N=CC1C(=NCC(=O)O)CCCC1NS(=O)(=O)c1ccc(Oc2ccccc2Cl)c(Cl)c1. The second-order valence-electron chi connectivity index (χ2n) is 7.14. The fourth-order valence-corrected chi connectivity index (χ4v) is 5.20. The number of hydrogen-bond donors (Lipinski definition) is 3. The van der Waals surface area contributed by atoms with E-state index in [1.165, 1.54) is 18.2 Å². The highest BCUT2D eigenvalue weighted by atomic mass is 35.5. The second kappa shape index (κ2) is 10.4. The van der Waals surface area contributed by atoms with Gasteiger partial charge in [-0.25, -0.2) is 13.1 Å². The topological polar surface area (TPSA) is 129 Å². The van der Waals surface area contributed by atoms with Crippen LogP contribution in [0, 0.1) is 11.3 Å². The molecule has 170 valence electrons. The average molecular weight is 498 g/mol. The van der Waals surface area contributed by atoms with Crippen molar-refractivity contribution in [2.75, 3.05) is 6.54 Å². The molecule has 0 aliphatic heterocycles. The lowest BCUT2D eigenvalue weighted by molar-refractivity contribution is -0.135. The minimum absolute atomic E-state index is 0.0627. The van der Waals surface area contributed by atoms with Crippen LogP contribution in [-0.4, -0.2) is 44.0 Å². The lowest BCUT2D eigenvalue weighted by Crippen LogP contribution is -2.46. The van der Waals surface area contributed by atoms with Gasteiger partial charge < -0.3 is 15.3 Å². The third-order valence-corrected chi connectivity index (χ3v) is 7.04. The van der Waals surface area contributed by atoms with Crippen molar-refractivity contribution in [3.63, 3.8) is 0 Å². The van der Waals surface area contributed by atoms with Crippen LogP contribution in [0.5, 0.6) is 11.5 Å². The van der Waals surface area contributed by atoms with Crippen LogP contribution in [0.3, 0.4) is 0 Å². The van der Waals surface area contributed by atoms with Gasteiger partial charge in [-0.2, -0.15) is 0 Å². The Morgan fingerprint density at radius 2 is 1.94 bits per heavy atom. The number of aliphatic carboxylic acids is 1. The van der Waals surface area contributed by atoms with Crippen LogP contribution in [0.2, 0.25) is 10.0 Å². The van der Waals surface area contributed by atoms with E-state index in [9.17, 15) is 13.2 Å². The Morgan fingerprint density at radius 1 is 1.22 bits per heavy atom. The Hall–Kier alpha value is -2.46. The Kier molecular flexibility index (Phi) is 7.89. The van der Waals surface area contributed by atoms with Gasteiger partial charge in [-0.05, 0) is 49.6 Å². The summed E-state index contributed by atoms with van der Waals surface area (Å²) in [4.78, 5) is 14.8. The zero-order chi connectivity index (χ0) is 23.3. The first-order valence-corrected chi connectivity index (χ1v) is 11.9. The predicted molar refractivity (Wildman–Crippen MR) is 123 cm³/mol. The molecule has 1 saturated carbocycles. The number of carbonyl (C=O) groups is 1. The number of nitrogens with one attached hydrogen (secondary N) is 2. The van der Waals surface area contributed by atoms with Crippen molar-refractivity contribution in [1.82, 2.24) is 4.72 Å². The smallest absolute Gasteiger partial charge is 0.325 e. The standard InChI is InChI=1S/C21H21Cl2N3O5S/c22-15-4-1-2-7-19(15)31-20-9-8-13(10-16(20)23)32(29,30)26-18-6-3-5-17(14(18)11-24)25-12-21(27)28/h1-2,4,7-11,14,18,24,26H,3,5-6,12H2,(H,27,28). The van der Waals surface area contributed by atoms with Gasteiger partial charge in [0.05, 0.1) is 14.9 Å². The molecule has 0 spiro atoms. The number of sulfonamides is 1. The van der Waals surface area contributed by atoms with Gasteiger partial charge in [0, 0.05) is 23.9 Å². The second-order valence-corrected chi connectivity index (χ2v) is 9.67. The highest BCUT2D eigenvalue weighted by Gasteiger charge is 2.32. The van der Waals surface area contributed by atoms with E-state index in [-0.39, 0.29) is 15.7 Å². The summed E-state index contributed by atoms with van der Waals surface area (Å²) < 4.78 is 34.2. The summed E-state index contributed by atoms with van der Waals surface area (Å²) in [5.41, 5.74) is 0.503. The monoisotopic (exact) mass is 497 g/mol. The highest BCUT2D eigenvalue weighted by Crippen LogP contribution is 2.35. The molecule has 8 nitrogen and oxygen atoms in total. The fourth-order valence-electron chi connectivity index (χ4n) is 3.42. The van der Waals surface area contributed by atoms with Gasteiger partial charge in [0.15, 0.2) is 0 Å². The highest BCUT2D eigenvalue weighted by molar-refractivity contribution is 7.89. The van der Waals surface area contributed by atoms with Crippen molar-refractivity contribution in [3.05, 3.63) is 52.5 Å². The molecule has 1 aliphatic rings. The van der Waals surface area contributed by atoms with E-state index in [4.69, 9.17) is 38.5 Å². The molecule has 11 heteroatoms. The minimum Gasteiger partial charge on any atom is -0.480 e. The number of benzene rings is 2. The van der Waals surface area contributed by atoms with E-state index in [1.54, 1.807) is 24.3 Å². The number of halogens is 2. The summed E-state index contributed by atoms with van der Waals surface area (Å²) in [5, 5.41) is 17.0. The molecule has 0 bridgehead atoms. The Morgan fingerprint density at radius 3 is 2.59 bits per heavy atom. The van der Waals surface area contributed by atoms with E-state index in [0.29, 0.717) is 35.7 Å². The van der Waals surface area contributed by atoms with Crippen molar-refractivity contribution >= 4 is 51.1 Å². The molecule has 3 N–H and O–H groups in total. The summed E-state index contributed by atoms with van der Waals surface area (Å²) in [6.07, 6.45) is 2.74.